The molecule has 1 amide bonds. The summed E-state index contributed by atoms with van der Waals surface area (Å²) >= 11 is 0. The zero-order valence-electron chi connectivity index (χ0n) is 12.4. The molecule has 2 aliphatic rings. The number of nitrogens with zero attached hydrogens (tertiary/aromatic N) is 1. The molecule has 1 saturated carbocycles. The number of carbonyl (C=O) groups is 1. The van der Waals surface area contributed by atoms with Crippen LogP contribution in [-0.2, 0) is 4.79 Å². The minimum Gasteiger partial charge on any atom is -0.488 e. The van der Waals surface area contributed by atoms with Gasteiger partial charge in [0.15, 0.2) is 0 Å². The Morgan fingerprint density at radius 2 is 2.23 bits per heavy atom. The first-order valence-corrected chi connectivity index (χ1v) is 7.74. The highest BCUT2D eigenvalue weighted by Gasteiger charge is 2.38. The monoisotopic (exact) mass is 308 g/mol. The third-order valence-electron chi connectivity index (χ3n) is 4.38. The van der Waals surface area contributed by atoms with E-state index >= 15 is 0 Å². The highest BCUT2D eigenvalue weighted by molar-refractivity contribution is 5.78. The fourth-order valence-electron chi connectivity index (χ4n) is 3.30. The van der Waals surface area contributed by atoms with E-state index in [4.69, 9.17) is 4.74 Å². The second-order valence-electron chi connectivity index (χ2n) is 5.92. The Labute approximate surface area is 129 Å². The van der Waals surface area contributed by atoms with E-state index in [1.54, 1.807) is 12.1 Å². The van der Waals surface area contributed by atoms with Crippen LogP contribution in [0.4, 0.5) is 4.39 Å². The summed E-state index contributed by atoms with van der Waals surface area (Å²) in [6, 6.07) is 5.88. The van der Waals surface area contributed by atoms with Gasteiger partial charge in [-0.2, -0.15) is 0 Å². The second-order valence-corrected chi connectivity index (χ2v) is 5.92. The Bertz CT molecular complexity index is 540. The third kappa shape index (κ3) is 3.39. The molecule has 0 radical (unpaired) electrons. The molecule has 5 nitrogen and oxygen atoms in total. The second kappa shape index (κ2) is 6.62. The van der Waals surface area contributed by atoms with Crippen molar-refractivity contribution in [3.05, 3.63) is 30.1 Å². The molecule has 120 valence electrons. The normalized spacial score (nSPS) is 29.9. The fraction of sp³-hybridized carbons (Fsp3) is 0.562. The van der Waals surface area contributed by atoms with Crippen molar-refractivity contribution < 1.29 is 19.0 Å². The Morgan fingerprint density at radius 1 is 1.36 bits per heavy atom. The molecular formula is C16H21FN2O3. The maximum Gasteiger partial charge on any atom is 0.234 e. The van der Waals surface area contributed by atoms with E-state index in [1.165, 1.54) is 12.1 Å². The van der Waals surface area contributed by atoms with E-state index in [-0.39, 0.29) is 23.9 Å². The zero-order chi connectivity index (χ0) is 15.5. The highest BCUT2D eigenvalue weighted by Crippen LogP contribution is 2.28. The van der Waals surface area contributed by atoms with Crippen molar-refractivity contribution in [2.24, 2.45) is 0 Å². The van der Waals surface area contributed by atoms with E-state index in [1.807, 2.05) is 4.90 Å². The number of ether oxygens (including phenoxy) is 1. The van der Waals surface area contributed by atoms with Gasteiger partial charge in [-0.3, -0.25) is 9.69 Å². The Morgan fingerprint density at radius 3 is 3.00 bits per heavy atom. The van der Waals surface area contributed by atoms with Gasteiger partial charge in [-0.05, 0) is 31.4 Å². The number of amides is 1. The SMILES string of the molecule is O=C1CN([C@H]2CCC[C@@H](Oc3cccc(F)c3)[C@@H]2O)CCN1. The first-order valence-electron chi connectivity index (χ1n) is 7.74. The van der Waals surface area contributed by atoms with Crippen molar-refractivity contribution in [3.63, 3.8) is 0 Å². The average molecular weight is 308 g/mol. The smallest absolute Gasteiger partial charge is 0.234 e. The Kier molecular flexibility index (Phi) is 4.59. The van der Waals surface area contributed by atoms with Gasteiger partial charge in [-0.15, -0.1) is 0 Å². The van der Waals surface area contributed by atoms with Crippen LogP contribution in [0.1, 0.15) is 19.3 Å². The van der Waals surface area contributed by atoms with Crippen molar-refractivity contribution in [1.29, 1.82) is 0 Å². The van der Waals surface area contributed by atoms with Crippen molar-refractivity contribution >= 4 is 5.91 Å². The molecule has 2 fully saturated rings. The van der Waals surface area contributed by atoms with Crippen LogP contribution in [0.15, 0.2) is 24.3 Å². The fourth-order valence-corrected chi connectivity index (χ4v) is 3.30. The predicted octanol–water partition coefficient (Wildman–Crippen LogP) is 0.918. The van der Waals surface area contributed by atoms with Crippen LogP contribution >= 0.6 is 0 Å². The quantitative estimate of drug-likeness (QED) is 0.872. The molecule has 0 bridgehead atoms. The number of aliphatic hydroxyl groups excluding tert-OH is 1. The first kappa shape index (κ1) is 15.2. The van der Waals surface area contributed by atoms with Gasteiger partial charge in [0.2, 0.25) is 5.91 Å². The van der Waals surface area contributed by atoms with Crippen molar-refractivity contribution in [1.82, 2.24) is 10.2 Å². The van der Waals surface area contributed by atoms with Crippen LogP contribution in [-0.4, -0.2) is 53.8 Å². The molecule has 1 aromatic rings. The molecule has 1 aliphatic carbocycles. The van der Waals surface area contributed by atoms with E-state index in [0.717, 1.165) is 25.8 Å². The largest absolute Gasteiger partial charge is 0.488 e. The van der Waals surface area contributed by atoms with Crippen LogP contribution in [0.3, 0.4) is 0 Å². The third-order valence-corrected chi connectivity index (χ3v) is 4.38. The molecule has 0 unspecified atom stereocenters. The van der Waals surface area contributed by atoms with Gasteiger partial charge in [-0.1, -0.05) is 6.07 Å². The average Bonchev–Trinajstić information content (AvgIpc) is 2.49. The topological polar surface area (TPSA) is 61.8 Å². The number of hydrogen-bond acceptors (Lipinski definition) is 4. The number of carbonyl (C=O) groups excluding carboxylic acids is 1. The van der Waals surface area contributed by atoms with E-state index in [2.05, 4.69) is 5.32 Å². The standard InChI is InChI=1S/C16H21FN2O3/c17-11-3-1-4-12(9-11)22-14-6-2-5-13(16(14)21)19-8-7-18-15(20)10-19/h1,3-4,9,13-14,16,21H,2,5-8,10H2,(H,18,20)/t13-,14+,16+/m0/s1. The Balaban J connectivity index is 1.67. The number of halogens is 1. The van der Waals surface area contributed by atoms with Crippen LogP contribution in [0.2, 0.25) is 0 Å². The molecule has 2 N–H and O–H groups in total. The molecule has 6 heteroatoms. The first-order chi connectivity index (χ1) is 10.6. The van der Waals surface area contributed by atoms with Gasteiger partial charge in [0, 0.05) is 25.2 Å². The predicted molar refractivity (Wildman–Crippen MR) is 79.0 cm³/mol. The molecule has 22 heavy (non-hydrogen) atoms. The lowest BCUT2D eigenvalue weighted by Crippen LogP contribution is -2.58. The maximum atomic E-state index is 13.2. The summed E-state index contributed by atoms with van der Waals surface area (Å²) < 4.78 is 19.0. The number of piperazine rings is 1. The summed E-state index contributed by atoms with van der Waals surface area (Å²) in [4.78, 5) is 13.5. The lowest BCUT2D eigenvalue weighted by molar-refractivity contribution is -0.127. The lowest BCUT2D eigenvalue weighted by atomic mass is 9.88. The molecule has 1 aromatic carbocycles. The van der Waals surface area contributed by atoms with Crippen LogP contribution < -0.4 is 10.1 Å². The van der Waals surface area contributed by atoms with Gasteiger partial charge in [0.25, 0.3) is 0 Å². The molecule has 1 heterocycles. The molecule has 3 atom stereocenters. The van der Waals surface area contributed by atoms with E-state index in [0.29, 0.717) is 18.8 Å². The summed E-state index contributed by atoms with van der Waals surface area (Å²) in [5.41, 5.74) is 0. The van der Waals surface area contributed by atoms with Gasteiger partial charge < -0.3 is 15.2 Å². The van der Waals surface area contributed by atoms with Gasteiger partial charge in [-0.25, -0.2) is 4.39 Å². The minimum absolute atomic E-state index is 0.00776. The number of hydrogen-bond donors (Lipinski definition) is 2. The molecule has 1 saturated heterocycles. The molecule has 0 spiro atoms. The van der Waals surface area contributed by atoms with Gasteiger partial charge in [0.1, 0.15) is 23.8 Å². The van der Waals surface area contributed by atoms with E-state index < -0.39 is 6.10 Å². The van der Waals surface area contributed by atoms with Gasteiger partial charge in [0.05, 0.1) is 6.54 Å². The van der Waals surface area contributed by atoms with Gasteiger partial charge >= 0.3 is 0 Å². The Hall–Kier alpha value is -1.66. The minimum atomic E-state index is -0.678. The summed E-state index contributed by atoms with van der Waals surface area (Å²) in [5, 5.41) is 13.4. The molecule has 0 aromatic heterocycles. The number of nitrogens with one attached hydrogen (secondary N) is 1. The lowest BCUT2D eigenvalue weighted by Gasteiger charge is -2.42. The summed E-state index contributed by atoms with van der Waals surface area (Å²) in [6.07, 6.45) is 1.44. The number of aliphatic hydroxyl groups is 1. The number of benzene rings is 1. The molecule has 3 rings (SSSR count). The van der Waals surface area contributed by atoms with E-state index in [9.17, 15) is 14.3 Å². The van der Waals surface area contributed by atoms with Crippen LogP contribution in [0.25, 0.3) is 0 Å². The summed E-state index contributed by atoms with van der Waals surface area (Å²) in [5.74, 6) is 0.0692. The molecule has 1 aliphatic heterocycles. The van der Waals surface area contributed by atoms with Crippen LogP contribution in [0, 0.1) is 5.82 Å². The summed E-state index contributed by atoms with van der Waals surface area (Å²) in [6.45, 7) is 1.66. The highest BCUT2D eigenvalue weighted by atomic mass is 19.1. The number of rotatable bonds is 3. The maximum absolute atomic E-state index is 13.2. The van der Waals surface area contributed by atoms with Crippen molar-refractivity contribution in [2.45, 2.75) is 37.5 Å². The van der Waals surface area contributed by atoms with Crippen LogP contribution in [0.5, 0.6) is 5.75 Å². The molecular weight excluding hydrogens is 287 g/mol. The summed E-state index contributed by atoms with van der Waals surface area (Å²) in [7, 11) is 0. The zero-order valence-corrected chi connectivity index (χ0v) is 12.4. The van der Waals surface area contributed by atoms with Crippen molar-refractivity contribution in [2.75, 3.05) is 19.6 Å². The van der Waals surface area contributed by atoms with Crippen molar-refractivity contribution in [3.8, 4) is 5.75 Å².